The second kappa shape index (κ2) is 8.25. The van der Waals surface area contributed by atoms with E-state index >= 15 is 0 Å². The van der Waals surface area contributed by atoms with Crippen molar-refractivity contribution in [2.75, 3.05) is 24.9 Å². The zero-order valence-electron chi connectivity index (χ0n) is 14.4. The highest BCUT2D eigenvalue weighted by Gasteiger charge is 2.28. The number of rotatable bonds is 5. The van der Waals surface area contributed by atoms with E-state index in [9.17, 15) is 18.3 Å². The van der Waals surface area contributed by atoms with Gasteiger partial charge in [-0.2, -0.15) is 0 Å². The Labute approximate surface area is 180 Å². The molecule has 0 aliphatic carbocycles. The van der Waals surface area contributed by atoms with Crippen molar-refractivity contribution in [2.24, 2.45) is 0 Å². The molecule has 1 unspecified atom stereocenters. The standard InChI is InChI=1S/C16H15Cl3N2O5S2/c1-21-5-4-9(7-21)26-16(23)10-3-2-8(6-11(10)22)20-28(24,25)13-12(17)14(18)27-15(13)19/h2-3,6,9,20,22H,4-5,7H2,1H3. The summed E-state index contributed by atoms with van der Waals surface area (Å²) in [4.78, 5) is 13.9. The number of carbonyl (C=O) groups is 1. The van der Waals surface area contributed by atoms with Crippen LogP contribution in [0.3, 0.4) is 0 Å². The summed E-state index contributed by atoms with van der Waals surface area (Å²) in [6.07, 6.45) is 0.466. The minimum absolute atomic E-state index is 0.0177. The number of ether oxygens (including phenoxy) is 1. The molecule has 1 aromatic carbocycles. The quantitative estimate of drug-likeness (QED) is 0.620. The molecule has 7 nitrogen and oxygen atoms in total. The Bertz CT molecular complexity index is 1030. The minimum Gasteiger partial charge on any atom is -0.507 e. The van der Waals surface area contributed by atoms with Crippen LogP contribution in [-0.2, 0) is 14.8 Å². The normalized spacial score (nSPS) is 17.6. The van der Waals surface area contributed by atoms with Crippen LogP contribution >= 0.6 is 46.1 Å². The fourth-order valence-corrected chi connectivity index (χ4v) is 6.65. The number of carbonyl (C=O) groups excluding carboxylic acids is 1. The third-order valence-corrected chi connectivity index (χ3v) is 8.09. The monoisotopic (exact) mass is 484 g/mol. The van der Waals surface area contributed by atoms with Gasteiger partial charge in [-0.1, -0.05) is 34.8 Å². The summed E-state index contributed by atoms with van der Waals surface area (Å²) in [6.45, 7) is 1.44. The lowest BCUT2D eigenvalue weighted by Crippen LogP contribution is -2.22. The highest BCUT2D eigenvalue weighted by molar-refractivity contribution is 7.93. The number of halogens is 3. The molecular formula is C16H15Cl3N2O5S2. The molecule has 2 heterocycles. The summed E-state index contributed by atoms with van der Waals surface area (Å²) < 4.78 is 32.6. The van der Waals surface area contributed by atoms with Gasteiger partial charge >= 0.3 is 5.97 Å². The second-order valence-corrected chi connectivity index (χ2v) is 10.4. The third-order valence-electron chi connectivity index (χ3n) is 4.09. The summed E-state index contributed by atoms with van der Waals surface area (Å²) >= 11 is 18.5. The highest BCUT2D eigenvalue weighted by atomic mass is 35.5. The molecule has 0 radical (unpaired) electrons. The lowest BCUT2D eigenvalue weighted by Gasteiger charge is -2.14. The van der Waals surface area contributed by atoms with Crippen LogP contribution in [0.4, 0.5) is 5.69 Å². The molecule has 1 aliphatic heterocycles. The Kier molecular flexibility index (Phi) is 6.33. The largest absolute Gasteiger partial charge is 0.507 e. The summed E-state index contributed by atoms with van der Waals surface area (Å²) in [6, 6.07) is 3.70. The fourth-order valence-electron chi connectivity index (χ4n) is 2.75. The Morgan fingerprint density at radius 3 is 2.57 bits per heavy atom. The topological polar surface area (TPSA) is 95.9 Å². The maximum absolute atomic E-state index is 12.5. The van der Waals surface area contributed by atoms with Gasteiger partial charge in [0, 0.05) is 19.2 Å². The van der Waals surface area contributed by atoms with Crippen molar-refractivity contribution in [3.63, 3.8) is 0 Å². The van der Waals surface area contributed by atoms with E-state index in [0.717, 1.165) is 23.9 Å². The van der Waals surface area contributed by atoms with Gasteiger partial charge in [0.25, 0.3) is 10.0 Å². The Morgan fingerprint density at radius 2 is 2.04 bits per heavy atom. The van der Waals surface area contributed by atoms with Gasteiger partial charge < -0.3 is 14.7 Å². The van der Waals surface area contributed by atoms with Gasteiger partial charge in [0.1, 0.15) is 31.0 Å². The molecule has 28 heavy (non-hydrogen) atoms. The van der Waals surface area contributed by atoms with E-state index in [1.54, 1.807) is 0 Å². The molecule has 2 N–H and O–H groups in total. The molecule has 0 amide bonds. The maximum Gasteiger partial charge on any atom is 0.342 e. The minimum atomic E-state index is -4.15. The van der Waals surface area contributed by atoms with Gasteiger partial charge in [-0.05, 0) is 25.6 Å². The summed E-state index contributed by atoms with van der Waals surface area (Å²) in [5, 5.41) is 9.97. The van der Waals surface area contributed by atoms with E-state index in [1.165, 1.54) is 12.1 Å². The molecule has 2 aromatic rings. The van der Waals surface area contributed by atoms with Gasteiger partial charge in [0.2, 0.25) is 0 Å². The van der Waals surface area contributed by atoms with E-state index in [2.05, 4.69) is 4.72 Å². The molecule has 1 aromatic heterocycles. The van der Waals surface area contributed by atoms with Crippen molar-refractivity contribution >= 4 is 67.8 Å². The number of sulfonamides is 1. The van der Waals surface area contributed by atoms with Crippen LogP contribution in [0, 0.1) is 0 Å². The Balaban J connectivity index is 1.77. The van der Waals surface area contributed by atoms with Gasteiger partial charge in [-0.25, -0.2) is 13.2 Å². The van der Waals surface area contributed by atoms with Crippen LogP contribution in [-0.4, -0.2) is 50.6 Å². The molecule has 1 fully saturated rings. The average molecular weight is 486 g/mol. The van der Waals surface area contributed by atoms with Crippen molar-refractivity contribution in [3.8, 4) is 5.75 Å². The van der Waals surface area contributed by atoms with Crippen molar-refractivity contribution < 1.29 is 23.1 Å². The summed E-state index contributed by atoms with van der Waals surface area (Å²) in [7, 11) is -2.23. The first-order valence-electron chi connectivity index (χ1n) is 7.97. The first-order valence-corrected chi connectivity index (χ1v) is 11.4. The molecule has 12 heteroatoms. The number of nitrogens with one attached hydrogen (secondary N) is 1. The summed E-state index contributed by atoms with van der Waals surface area (Å²) in [5.74, 6) is -1.10. The number of hydrogen-bond donors (Lipinski definition) is 2. The molecular weight excluding hydrogens is 471 g/mol. The molecule has 0 spiro atoms. The first-order chi connectivity index (χ1) is 13.1. The van der Waals surface area contributed by atoms with E-state index in [0.29, 0.717) is 13.0 Å². The number of aromatic hydroxyl groups is 1. The predicted molar refractivity (Wildman–Crippen MR) is 110 cm³/mol. The van der Waals surface area contributed by atoms with Crippen molar-refractivity contribution in [1.82, 2.24) is 4.90 Å². The SMILES string of the molecule is CN1CCC(OC(=O)c2ccc(NS(=O)(=O)c3c(Cl)sc(Cl)c3Cl)cc2O)C1. The maximum atomic E-state index is 12.5. The fraction of sp³-hybridized carbons (Fsp3) is 0.312. The molecule has 152 valence electrons. The van der Waals surface area contributed by atoms with Crippen molar-refractivity contribution in [3.05, 3.63) is 37.5 Å². The Morgan fingerprint density at radius 1 is 1.32 bits per heavy atom. The number of phenolic OH excluding ortho intramolecular Hbond substituents is 1. The first kappa shape index (κ1) is 21.5. The summed E-state index contributed by atoms with van der Waals surface area (Å²) in [5.41, 5.74) is -0.0451. The number of anilines is 1. The molecule has 1 aliphatic rings. The second-order valence-electron chi connectivity index (χ2n) is 6.21. The van der Waals surface area contributed by atoms with E-state index in [1.807, 2.05) is 11.9 Å². The number of esters is 1. The number of phenols is 1. The van der Waals surface area contributed by atoms with Gasteiger partial charge in [0.15, 0.2) is 0 Å². The third kappa shape index (κ3) is 4.50. The van der Waals surface area contributed by atoms with E-state index < -0.39 is 21.7 Å². The lowest BCUT2D eigenvalue weighted by molar-refractivity contribution is 0.0324. The van der Waals surface area contributed by atoms with E-state index in [-0.39, 0.29) is 35.9 Å². The zero-order chi connectivity index (χ0) is 20.6. The molecule has 1 atom stereocenters. The van der Waals surface area contributed by atoms with Gasteiger partial charge in [-0.3, -0.25) is 4.72 Å². The number of nitrogens with zero attached hydrogens (tertiary/aromatic N) is 1. The van der Waals surface area contributed by atoms with Crippen LogP contribution in [0.1, 0.15) is 16.8 Å². The number of benzene rings is 1. The zero-order valence-corrected chi connectivity index (χ0v) is 18.3. The molecule has 0 bridgehead atoms. The van der Waals surface area contributed by atoms with Crippen LogP contribution in [0.2, 0.25) is 13.7 Å². The molecule has 1 saturated heterocycles. The number of hydrogen-bond acceptors (Lipinski definition) is 7. The van der Waals surface area contributed by atoms with Crippen molar-refractivity contribution in [1.29, 1.82) is 0 Å². The number of likely N-dealkylation sites (N-methyl/N-ethyl adjacent to an activating group) is 1. The lowest BCUT2D eigenvalue weighted by atomic mass is 10.2. The average Bonchev–Trinajstić information content (AvgIpc) is 3.09. The number of likely N-dealkylation sites (tertiary alicyclic amines) is 1. The molecule has 0 saturated carbocycles. The highest BCUT2D eigenvalue weighted by Crippen LogP contribution is 2.43. The van der Waals surface area contributed by atoms with Gasteiger partial charge in [0.05, 0.1) is 10.7 Å². The van der Waals surface area contributed by atoms with Crippen LogP contribution in [0.25, 0.3) is 0 Å². The van der Waals surface area contributed by atoms with Gasteiger partial charge in [-0.15, -0.1) is 11.3 Å². The van der Waals surface area contributed by atoms with Crippen molar-refractivity contribution in [2.45, 2.75) is 17.4 Å². The van der Waals surface area contributed by atoms with Crippen LogP contribution in [0.5, 0.6) is 5.75 Å². The van der Waals surface area contributed by atoms with Crippen LogP contribution < -0.4 is 4.72 Å². The molecule has 3 rings (SSSR count). The number of thiophene rings is 1. The predicted octanol–water partition coefficient (Wildman–Crippen LogP) is 4.08. The smallest absolute Gasteiger partial charge is 0.342 e. The Hall–Kier alpha value is -1.23. The van der Waals surface area contributed by atoms with E-state index in [4.69, 9.17) is 39.5 Å². The van der Waals surface area contributed by atoms with Crippen LogP contribution in [0.15, 0.2) is 23.1 Å².